The fourth-order valence-corrected chi connectivity index (χ4v) is 4.91. The highest BCUT2D eigenvalue weighted by Crippen LogP contribution is 2.38. The van der Waals surface area contributed by atoms with E-state index >= 15 is 0 Å². The predicted octanol–water partition coefficient (Wildman–Crippen LogP) is 4.37. The third-order valence-corrected chi connectivity index (χ3v) is 6.35. The first-order chi connectivity index (χ1) is 14.1. The molecule has 2 atom stereocenters. The number of anilines is 1. The average molecular weight is 413 g/mol. The largest absolute Gasteiger partial charge is 0.496 e. The lowest BCUT2D eigenvalue weighted by molar-refractivity contribution is 0.378. The first-order valence-electron chi connectivity index (χ1n) is 10.1. The number of rotatable bonds is 5. The number of hydrogen-bond donors (Lipinski definition) is 2. The number of nitrogens with zero attached hydrogens (tertiary/aromatic N) is 2. The molecule has 0 spiro atoms. The van der Waals surface area contributed by atoms with Crippen LogP contribution in [0.3, 0.4) is 0 Å². The van der Waals surface area contributed by atoms with Gasteiger partial charge in [0.25, 0.3) is 0 Å². The number of nitrogens with one attached hydrogen (secondary N) is 2. The summed E-state index contributed by atoms with van der Waals surface area (Å²) in [6, 6.07) is 9.70. The number of piperidine rings is 1. The molecule has 2 N–H and O–H groups in total. The molecular weight excluding hydrogens is 388 g/mol. The Morgan fingerprint density at radius 3 is 2.59 bits per heavy atom. The molecule has 2 fully saturated rings. The lowest BCUT2D eigenvalue weighted by Gasteiger charge is -2.30. The molecule has 0 saturated carbocycles. The van der Waals surface area contributed by atoms with Crippen LogP contribution < -0.4 is 20.1 Å². The predicted molar refractivity (Wildman–Crippen MR) is 115 cm³/mol. The minimum Gasteiger partial charge on any atom is -0.496 e. The maximum Gasteiger partial charge on any atom is 0.141 e. The highest BCUT2D eigenvalue weighted by Gasteiger charge is 2.33. The second-order valence-electron chi connectivity index (χ2n) is 7.94. The first-order valence-corrected chi connectivity index (χ1v) is 10.4. The number of pyridine rings is 1. The Morgan fingerprint density at radius 2 is 1.86 bits per heavy atom. The number of halogens is 1. The van der Waals surface area contributed by atoms with Crippen molar-refractivity contribution >= 4 is 22.9 Å². The van der Waals surface area contributed by atoms with Gasteiger partial charge >= 0.3 is 0 Å². The molecule has 3 aromatic rings. The zero-order valence-electron chi connectivity index (χ0n) is 16.6. The van der Waals surface area contributed by atoms with E-state index in [1.807, 2.05) is 22.9 Å². The van der Waals surface area contributed by atoms with Crippen LogP contribution in [0.5, 0.6) is 11.5 Å². The standard InChI is InChI=1S/C22H25ClN4O2/c1-28-20-11-21(29-2)18(23)10-17(20)19-12-27-6-5-15(9-22(27)26-19)25-16-7-13-3-4-14(8-16)24-13/h5-6,9-14,16,24-25H,3-4,7-8H2,1-2H3. The van der Waals surface area contributed by atoms with Crippen LogP contribution in [0.15, 0.2) is 36.7 Å². The second kappa shape index (κ2) is 7.43. The van der Waals surface area contributed by atoms with Gasteiger partial charge in [0.2, 0.25) is 0 Å². The molecule has 2 aromatic heterocycles. The number of fused-ring (bicyclic) bond motifs is 3. The topological polar surface area (TPSA) is 59.8 Å². The van der Waals surface area contributed by atoms with Gasteiger partial charge in [0, 0.05) is 53.9 Å². The van der Waals surface area contributed by atoms with Crippen LogP contribution in [0.4, 0.5) is 5.69 Å². The molecule has 6 nitrogen and oxygen atoms in total. The van der Waals surface area contributed by atoms with Crippen molar-refractivity contribution in [2.75, 3.05) is 19.5 Å². The van der Waals surface area contributed by atoms with Gasteiger partial charge in [0.1, 0.15) is 17.1 Å². The van der Waals surface area contributed by atoms with Crippen molar-refractivity contribution in [3.05, 3.63) is 41.7 Å². The van der Waals surface area contributed by atoms with Gasteiger partial charge in [0.05, 0.1) is 24.9 Å². The Hall–Kier alpha value is -2.44. The molecule has 1 aromatic carbocycles. The Morgan fingerprint density at radius 1 is 1.10 bits per heavy atom. The fourth-order valence-electron chi connectivity index (χ4n) is 4.67. The maximum absolute atomic E-state index is 6.34. The second-order valence-corrected chi connectivity index (χ2v) is 8.35. The molecule has 2 saturated heterocycles. The number of ether oxygens (including phenoxy) is 2. The molecule has 2 aliphatic heterocycles. The lowest BCUT2D eigenvalue weighted by Crippen LogP contribution is -2.43. The SMILES string of the molecule is COc1cc(OC)c(-c2cn3ccc(NC4CC5CCC(C4)N5)cc3n2)cc1Cl. The maximum atomic E-state index is 6.34. The van der Waals surface area contributed by atoms with Gasteiger partial charge in [-0.15, -0.1) is 0 Å². The quantitative estimate of drug-likeness (QED) is 0.651. The molecule has 7 heteroatoms. The normalized spacial score (nSPS) is 23.3. The van der Waals surface area contributed by atoms with Gasteiger partial charge in [-0.3, -0.25) is 0 Å². The third-order valence-electron chi connectivity index (χ3n) is 6.05. The van der Waals surface area contributed by atoms with Gasteiger partial charge in [-0.25, -0.2) is 4.98 Å². The van der Waals surface area contributed by atoms with Crippen molar-refractivity contribution < 1.29 is 9.47 Å². The number of hydrogen-bond acceptors (Lipinski definition) is 5. The molecule has 2 bridgehead atoms. The molecule has 29 heavy (non-hydrogen) atoms. The van der Waals surface area contributed by atoms with Crippen molar-refractivity contribution in [3.63, 3.8) is 0 Å². The van der Waals surface area contributed by atoms with E-state index < -0.39 is 0 Å². The van der Waals surface area contributed by atoms with E-state index in [0.717, 1.165) is 22.6 Å². The molecule has 2 aliphatic rings. The Labute approximate surface area is 175 Å². The van der Waals surface area contributed by atoms with E-state index in [1.165, 1.54) is 25.7 Å². The van der Waals surface area contributed by atoms with E-state index in [0.29, 0.717) is 34.6 Å². The van der Waals surface area contributed by atoms with Crippen molar-refractivity contribution in [3.8, 4) is 22.8 Å². The average Bonchev–Trinajstić information content (AvgIpc) is 3.30. The molecule has 5 rings (SSSR count). The zero-order valence-corrected chi connectivity index (χ0v) is 17.4. The lowest BCUT2D eigenvalue weighted by atomic mass is 9.99. The summed E-state index contributed by atoms with van der Waals surface area (Å²) in [6.07, 6.45) is 9.01. The zero-order chi connectivity index (χ0) is 20.0. The van der Waals surface area contributed by atoms with Gasteiger partial charge in [0.15, 0.2) is 0 Å². The van der Waals surface area contributed by atoms with Crippen LogP contribution in [-0.2, 0) is 0 Å². The van der Waals surface area contributed by atoms with Crippen molar-refractivity contribution in [2.45, 2.75) is 43.8 Å². The van der Waals surface area contributed by atoms with Crippen LogP contribution in [0.2, 0.25) is 5.02 Å². The molecule has 0 radical (unpaired) electrons. The Balaban J connectivity index is 1.43. The summed E-state index contributed by atoms with van der Waals surface area (Å²) in [4.78, 5) is 4.82. The summed E-state index contributed by atoms with van der Waals surface area (Å²) >= 11 is 6.34. The van der Waals surface area contributed by atoms with Gasteiger partial charge in [-0.2, -0.15) is 0 Å². The Bertz CT molecular complexity index is 1040. The summed E-state index contributed by atoms with van der Waals surface area (Å²) in [5, 5.41) is 7.94. The monoisotopic (exact) mass is 412 g/mol. The summed E-state index contributed by atoms with van der Waals surface area (Å²) in [6.45, 7) is 0. The van der Waals surface area contributed by atoms with Crippen molar-refractivity contribution in [1.82, 2.24) is 14.7 Å². The molecule has 0 amide bonds. The van der Waals surface area contributed by atoms with Crippen molar-refractivity contribution in [2.24, 2.45) is 0 Å². The number of methoxy groups -OCH3 is 2. The highest BCUT2D eigenvalue weighted by atomic mass is 35.5. The molecule has 2 unspecified atom stereocenters. The summed E-state index contributed by atoms with van der Waals surface area (Å²) in [5.74, 6) is 1.26. The van der Waals surface area contributed by atoms with E-state index in [2.05, 4.69) is 22.8 Å². The first kappa shape index (κ1) is 18.6. The molecule has 4 heterocycles. The highest BCUT2D eigenvalue weighted by molar-refractivity contribution is 6.32. The fraction of sp³-hybridized carbons (Fsp3) is 0.409. The summed E-state index contributed by atoms with van der Waals surface area (Å²) in [7, 11) is 3.23. The van der Waals surface area contributed by atoms with Crippen LogP contribution >= 0.6 is 11.6 Å². The summed E-state index contributed by atoms with van der Waals surface area (Å²) in [5.41, 5.74) is 3.64. The van der Waals surface area contributed by atoms with E-state index in [9.17, 15) is 0 Å². The van der Waals surface area contributed by atoms with E-state index in [1.54, 1.807) is 20.3 Å². The van der Waals surface area contributed by atoms with Gasteiger partial charge < -0.3 is 24.5 Å². The van der Waals surface area contributed by atoms with Gasteiger partial charge in [-0.05, 0) is 37.8 Å². The molecule has 0 aliphatic carbocycles. The van der Waals surface area contributed by atoms with Gasteiger partial charge in [-0.1, -0.05) is 11.6 Å². The number of aromatic nitrogens is 2. The smallest absolute Gasteiger partial charge is 0.141 e. The van der Waals surface area contributed by atoms with Crippen molar-refractivity contribution in [1.29, 1.82) is 0 Å². The molecular formula is C22H25ClN4O2. The minimum atomic E-state index is 0.520. The minimum absolute atomic E-state index is 0.520. The van der Waals surface area contributed by atoms with Crippen LogP contribution in [0, 0.1) is 0 Å². The van der Waals surface area contributed by atoms with Crippen LogP contribution in [0.25, 0.3) is 16.9 Å². The third kappa shape index (κ3) is 3.51. The number of imidazole rings is 1. The van der Waals surface area contributed by atoms with E-state index in [4.69, 9.17) is 26.1 Å². The number of benzene rings is 1. The summed E-state index contributed by atoms with van der Waals surface area (Å²) < 4.78 is 12.8. The van der Waals surface area contributed by atoms with E-state index in [-0.39, 0.29) is 0 Å². The Kier molecular flexibility index (Phi) is 4.76. The molecule has 152 valence electrons. The van der Waals surface area contributed by atoms with Crippen LogP contribution in [0.1, 0.15) is 25.7 Å². The van der Waals surface area contributed by atoms with Crippen LogP contribution in [-0.4, -0.2) is 41.7 Å².